The second kappa shape index (κ2) is 9.56. The number of carboxylic acid groups (broad SMARTS) is 1. The van der Waals surface area contributed by atoms with Crippen molar-refractivity contribution in [3.8, 4) is 0 Å². The molecule has 0 aromatic rings. The van der Waals surface area contributed by atoms with Gasteiger partial charge in [-0.1, -0.05) is 0 Å². The van der Waals surface area contributed by atoms with Crippen LogP contribution < -0.4 is 16.4 Å². The Morgan fingerprint density at radius 3 is 2.30 bits per heavy atom. The lowest BCUT2D eigenvalue weighted by Crippen LogP contribution is -2.54. The molecule has 3 unspecified atom stereocenters. The van der Waals surface area contributed by atoms with E-state index in [0.29, 0.717) is 12.2 Å². The topological polar surface area (TPSA) is 142 Å². The average molecular weight is 307 g/mol. The third-order valence-electron chi connectivity index (χ3n) is 2.51. The largest absolute Gasteiger partial charge is 0.480 e. The maximum absolute atomic E-state index is 11.9. The highest BCUT2D eigenvalue weighted by Gasteiger charge is 2.25. The van der Waals surface area contributed by atoms with Crippen LogP contribution in [0.3, 0.4) is 0 Å². The van der Waals surface area contributed by atoms with Crippen LogP contribution in [-0.2, 0) is 14.4 Å². The molecule has 0 aliphatic rings. The number of carbonyl (C=O) groups excluding carboxylic acids is 2. The Hall–Kier alpha value is -1.32. The lowest BCUT2D eigenvalue weighted by Gasteiger charge is -2.21. The van der Waals surface area contributed by atoms with Crippen LogP contribution in [0.5, 0.6) is 0 Å². The first-order valence-corrected chi connectivity index (χ1v) is 7.41. The zero-order valence-electron chi connectivity index (χ0n) is 11.5. The van der Waals surface area contributed by atoms with Gasteiger partial charge >= 0.3 is 5.97 Å². The van der Waals surface area contributed by atoms with Crippen LogP contribution in [0.15, 0.2) is 0 Å². The van der Waals surface area contributed by atoms with Crippen LogP contribution >= 0.6 is 11.8 Å². The molecule has 3 atom stereocenters. The van der Waals surface area contributed by atoms with Crippen LogP contribution in [0.1, 0.15) is 13.3 Å². The summed E-state index contributed by atoms with van der Waals surface area (Å²) in [6.07, 6.45) is 2.18. The molecule has 0 saturated carbocycles. The molecular weight excluding hydrogens is 286 g/mol. The van der Waals surface area contributed by atoms with Crippen molar-refractivity contribution in [2.45, 2.75) is 31.5 Å². The van der Waals surface area contributed by atoms with Crippen molar-refractivity contribution in [3.05, 3.63) is 0 Å². The molecule has 0 heterocycles. The molecule has 6 N–H and O–H groups in total. The summed E-state index contributed by atoms with van der Waals surface area (Å²) in [4.78, 5) is 34.2. The number of aliphatic hydroxyl groups is 1. The molecule has 0 saturated heterocycles. The maximum atomic E-state index is 11.9. The van der Waals surface area contributed by atoms with E-state index >= 15 is 0 Å². The van der Waals surface area contributed by atoms with Crippen molar-refractivity contribution in [2.75, 3.05) is 18.6 Å². The predicted molar refractivity (Wildman–Crippen MR) is 75.2 cm³/mol. The fraction of sp³-hybridized carbons (Fsp3) is 0.727. The molecule has 0 aliphatic carbocycles. The number of carbonyl (C=O) groups is 3. The highest BCUT2D eigenvalue weighted by molar-refractivity contribution is 7.98. The number of nitrogens with two attached hydrogens (primary N) is 1. The Labute approximate surface area is 121 Å². The van der Waals surface area contributed by atoms with Gasteiger partial charge in [-0.05, 0) is 25.4 Å². The minimum absolute atomic E-state index is 0.337. The molecule has 0 bridgehead atoms. The molecule has 2 amide bonds. The standard InChI is InChI=1S/C11H21N3O5S/c1-6(11(18)19)13-10(17)8(3-4-20-2)14-9(16)7(12)5-15/h6-8,15H,3-5,12H2,1-2H3,(H,13,17)(H,14,16)(H,18,19). The first-order chi connectivity index (χ1) is 9.33. The molecule has 9 heteroatoms. The smallest absolute Gasteiger partial charge is 0.325 e. The van der Waals surface area contributed by atoms with Gasteiger partial charge in [-0.15, -0.1) is 0 Å². The molecular formula is C11H21N3O5S. The second-order valence-corrected chi connectivity index (χ2v) is 5.19. The highest BCUT2D eigenvalue weighted by Crippen LogP contribution is 2.02. The van der Waals surface area contributed by atoms with E-state index in [2.05, 4.69) is 10.6 Å². The molecule has 0 aromatic carbocycles. The Balaban J connectivity index is 4.65. The van der Waals surface area contributed by atoms with E-state index < -0.39 is 42.5 Å². The third-order valence-corrected chi connectivity index (χ3v) is 3.15. The molecule has 8 nitrogen and oxygen atoms in total. The van der Waals surface area contributed by atoms with Gasteiger partial charge in [0.25, 0.3) is 0 Å². The van der Waals surface area contributed by atoms with Gasteiger partial charge in [0.2, 0.25) is 11.8 Å². The molecule has 0 aliphatic heterocycles. The fourth-order valence-corrected chi connectivity index (χ4v) is 1.71. The molecule has 0 aromatic heterocycles. The van der Waals surface area contributed by atoms with E-state index in [1.807, 2.05) is 6.26 Å². The van der Waals surface area contributed by atoms with Crippen molar-refractivity contribution in [1.82, 2.24) is 10.6 Å². The number of hydrogen-bond acceptors (Lipinski definition) is 6. The number of thioether (sulfide) groups is 1. The number of nitrogens with one attached hydrogen (secondary N) is 2. The number of aliphatic carboxylic acids is 1. The lowest BCUT2D eigenvalue weighted by molar-refractivity contribution is -0.141. The Morgan fingerprint density at radius 1 is 1.25 bits per heavy atom. The zero-order valence-corrected chi connectivity index (χ0v) is 12.3. The van der Waals surface area contributed by atoms with Crippen LogP contribution in [0.2, 0.25) is 0 Å². The molecule has 0 fully saturated rings. The Bertz CT molecular complexity index is 353. The molecule has 0 spiro atoms. The van der Waals surface area contributed by atoms with Crippen LogP contribution in [0, 0.1) is 0 Å². The van der Waals surface area contributed by atoms with E-state index in [9.17, 15) is 14.4 Å². The lowest BCUT2D eigenvalue weighted by atomic mass is 10.1. The van der Waals surface area contributed by atoms with Crippen LogP contribution in [0.4, 0.5) is 0 Å². The summed E-state index contributed by atoms with van der Waals surface area (Å²) >= 11 is 1.49. The number of rotatable bonds is 9. The zero-order chi connectivity index (χ0) is 15.7. The minimum Gasteiger partial charge on any atom is -0.480 e. The summed E-state index contributed by atoms with van der Waals surface area (Å²) < 4.78 is 0. The quantitative estimate of drug-likeness (QED) is 0.336. The number of carboxylic acids is 1. The van der Waals surface area contributed by atoms with E-state index in [-0.39, 0.29) is 0 Å². The molecule has 0 radical (unpaired) electrons. The van der Waals surface area contributed by atoms with Gasteiger partial charge in [-0.25, -0.2) is 0 Å². The number of aliphatic hydroxyl groups excluding tert-OH is 1. The summed E-state index contributed by atoms with van der Waals surface area (Å²) in [5.41, 5.74) is 5.35. The van der Waals surface area contributed by atoms with Crippen molar-refractivity contribution < 1.29 is 24.6 Å². The predicted octanol–water partition coefficient (Wildman–Crippen LogP) is -1.87. The van der Waals surface area contributed by atoms with Crippen LogP contribution in [-0.4, -0.2) is 64.7 Å². The maximum Gasteiger partial charge on any atom is 0.325 e. The molecule has 20 heavy (non-hydrogen) atoms. The van der Waals surface area contributed by atoms with Gasteiger partial charge in [-0.3, -0.25) is 14.4 Å². The van der Waals surface area contributed by atoms with Crippen molar-refractivity contribution >= 4 is 29.5 Å². The monoisotopic (exact) mass is 307 g/mol. The third kappa shape index (κ3) is 6.73. The van der Waals surface area contributed by atoms with Gasteiger partial charge in [0, 0.05) is 0 Å². The summed E-state index contributed by atoms with van der Waals surface area (Å²) in [6.45, 7) is 0.793. The first kappa shape index (κ1) is 18.7. The molecule has 116 valence electrons. The van der Waals surface area contributed by atoms with E-state index in [1.165, 1.54) is 18.7 Å². The van der Waals surface area contributed by atoms with Gasteiger partial charge in [0.1, 0.15) is 18.1 Å². The summed E-state index contributed by atoms with van der Waals surface area (Å²) in [5.74, 6) is -1.81. The first-order valence-electron chi connectivity index (χ1n) is 6.02. The summed E-state index contributed by atoms with van der Waals surface area (Å²) in [7, 11) is 0. The summed E-state index contributed by atoms with van der Waals surface area (Å²) in [6, 6.07) is -3.05. The Kier molecular flexibility index (Phi) is 8.93. The van der Waals surface area contributed by atoms with E-state index in [4.69, 9.17) is 15.9 Å². The minimum atomic E-state index is -1.17. The highest BCUT2D eigenvalue weighted by atomic mass is 32.2. The number of amides is 2. The van der Waals surface area contributed by atoms with Crippen molar-refractivity contribution in [1.29, 1.82) is 0 Å². The van der Waals surface area contributed by atoms with E-state index in [0.717, 1.165) is 0 Å². The second-order valence-electron chi connectivity index (χ2n) is 4.20. The summed E-state index contributed by atoms with van der Waals surface area (Å²) in [5, 5.41) is 22.2. The van der Waals surface area contributed by atoms with Gasteiger partial charge in [-0.2, -0.15) is 11.8 Å². The molecule has 0 rings (SSSR count). The Morgan fingerprint density at radius 2 is 1.85 bits per heavy atom. The number of hydrogen-bond donors (Lipinski definition) is 5. The van der Waals surface area contributed by atoms with Gasteiger partial charge < -0.3 is 26.6 Å². The van der Waals surface area contributed by atoms with Gasteiger partial charge in [0.05, 0.1) is 6.61 Å². The SMILES string of the molecule is CSCCC(NC(=O)C(N)CO)C(=O)NC(C)C(=O)O. The van der Waals surface area contributed by atoms with E-state index in [1.54, 1.807) is 0 Å². The normalized spacial score (nSPS) is 15.0. The van der Waals surface area contributed by atoms with Gasteiger partial charge in [0.15, 0.2) is 0 Å². The average Bonchev–Trinajstić information content (AvgIpc) is 2.41. The van der Waals surface area contributed by atoms with Crippen molar-refractivity contribution in [2.24, 2.45) is 5.73 Å². The van der Waals surface area contributed by atoms with Crippen LogP contribution in [0.25, 0.3) is 0 Å². The van der Waals surface area contributed by atoms with Crippen molar-refractivity contribution in [3.63, 3.8) is 0 Å². The fourth-order valence-electron chi connectivity index (χ4n) is 1.24.